The van der Waals surface area contributed by atoms with Gasteiger partial charge in [0.15, 0.2) is 15.0 Å². The summed E-state index contributed by atoms with van der Waals surface area (Å²) in [4.78, 5) is 17.2. The number of ether oxygens (including phenoxy) is 2. The Morgan fingerprint density at radius 1 is 1.28 bits per heavy atom. The molecule has 1 N–H and O–H groups in total. The molecule has 0 unspecified atom stereocenters. The van der Waals surface area contributed by atoms with E-state index in [1.807, 2.05) is 29.6 Å². The molecule has 1 aliphatic heterocycles. The third kappa shape index (κ3) is 4.96. The van der Waals surface area contributed by atoms with Crippen LogP contribution in [0.5, 0.6) is 5.75 Å². The van der Waals surface area contributed by atoms with Gasteiger partial charge in [-0.25, -0.2) is 13.4 Å². The topological polar surface area (TPSA) is 94.6 Å². The van der Waals surface area contributed by atoms with Crippen LogP contribution in [0.3, 0.4) is 0 Å². The van der Waals surface area contributed by atoms with Crippen LogP contribution >= 0.6 is 11.3 Å². The first-order valence-electron chi connectivity index (χ1n) is 9.44. The van der Waals surface area contributed by atoms with E-state index in [0.29, 0.717) is 36.9 Å². The van der Waals surface area contributed by atoms with Gasteiger partial charge in [-0.3, -0.25) is 4.79 Å². The normalized spacial score (nSPS) is 15.8. The Morgan fingerprint density at radius 2 is 1.93 bits per heavy atom. The number of nitrogens with zero attached hydrogens (tertiary/aromatic N) is 1. The summed E-state index contributed by atoms with van der Waals surface area (Å²) in [7, 11) is -2.04. The number of hydrogen-bond donors (Lipinski definition) is 1. The van der Waals surface area contributed by atoms with E-state index in [1.54, 1.807) is 7.11 Å². The monoisotopic (exact) mass is 438 g/mol. The maximum Gasteiger partial charge on any atom is 0.247 e. The van der Waals surface area contributed by atoms with Crippen molar-refractivity contribution in [2.24, 2.45) is 5.92 Å². The number of aromatic nitrogens is 1. The summed E-state index contributed by atoms with van der Waals surface area (Å²) < 4.78 is 34.7. The van der Waals surface area contributed by atoms with Gasteiger partial charge < -0.3 is 14.8 Å². The lowest BCUT2D eigenvalue weighted by atomic mass is 10.0. The quantitative estimate of drug-likeness (QED) is 0.712. The number of amides is 1. The Morgan fingerprint density at radius 3 is 2.55 bits per heavy atom. The summed E-state index contributed by atoms with van der Waals surface area (Å²) >= 11 is 1.26. The molecule has 0 bridgehead atoms. The van der Waals surface area contributed by atoms with Crippen LogP contribution in [0.15, 0.2) is 29.6 Å². The van der Waals surface area contributed by atoms with Crippen molar-refractivity contribution in [2.75, 3.05) is 31.4 Å². The fraction of sp³-hybridized carbons (Fsp3) is 0.500. The minimum absolute atomic E-state index is 0.00819. The van der Waals surface area contributed by atoms with Gasteiger partial charge in [-0.05, 0) is 56.9 Å². The third-order valence-corrected chi connectivity index (χ3v) is 8.64. The number of carbonyl (C=O) groups excluding carboxylic acids is 1. The molecular formula is C20H26N2O5S2. The van der Waals surface area contributed by atoms with Crippen LogP contribution in [0.2, 0.25) is 0 Å². The van der Waals surface area contributed by atoms with Crippen LogP contribution in [0.25, 0.3) is 11.3 Å². The van der Waals surface area contributed by atoms with Gasteiger partial charge in [0.05, 0.1) is 18.6 Å². The second-order valence-electron chi connectivity index (χ2n) is 7.57. The fourth-order valence-corrected chi connectivity index (χ4v) is 5.46. The van der Waals surface area contributed by atoms with Crippen molar-refractivity contribution in [2.45, 2.75) is 31.4 Å². The lowest BCUT2D eigenvalue weighted by Crippen LogP contribution is -2.47. The van der Waals surface area contributed by atoms with Gasteiger partial charge in [-0.1, -0.05) is 0 Å². The molecule has 0 aliphatic carbocycles. The highest BCUT2D eigenvalue weighted by molar-refractivity contribution is 7.93. The molecule has 2 heterocycles. The average molecular weight is 439 g/mol. The van der Waals surface area contributed by atoms with Gasteiger partial charge in [0.2, 0.25) is 5.91 Å². The number of carbonyl (C=O) groups is 1. The fourth-order valence-electron chi connectivity index (χ4n) is 3.05. The second kappa shape index (κ2) is 8.81. The molecule has 9 heteroatoms. The van der Waals surface area contributed by atoms with Crippen molar-refractivity contribution < 1.29 is 22.7 Å². The Hall–Kier alpha value is -1.97. The lowest BCUT2D eigenvalue weighted by molar-refractivity contribution is -0.117. The number of methoxy groups -OCH3 is 1. The smallest absolute Gasteiger partial charge is 0.247 e. The van der Waals surface area contributed by atoms with Gasteiger partial charge in [-0.2, -0.15) is 0 Å². The average Bonchev–Trinajstić information content (AvgIpc) is 3.16. The molecule has 0 spiro atoms. The molecule has 0 radical (unpaired) electrons. The molecule has 0 saturated carbocycles. The van der Waals surface area contributed by atoms with Crippen molar-refractivity contribution in [3.05, 3.63) is 29.6 Å². The first-order chi connectivity index (χ1) is 13.7. The number of anilines is 1. The van der Waals surface area contributed by atoms with E-state index in [0.717, 1.165) is 11.3 Å². The number of rotatable bonds is 7. The molecule has 0 atom stereocenters. The molecule has 29 heavy (non-hydrogen) atoms. The van der Waals surface area contributed by atoms with Gasteiger partial charge in [-0.15, -0.1) is 11.3 Å². The summed E-state index contributed by atoms with van der Waals surface area (Å²) in [6, 6.07) is 7.42. The second-order valence-corrected chi connectivity index (χ2v) is 11.0. The maximum absolute atomic E-state index is 12.9. The van der Waals surface area contributed by atoms with Crippen LogP contribution in [0.1, 0.15) is 26.7 Å². The zero-order chi connectivity index (χ0) is 21.1. The largest absolute Gasteiger partial charge is 0.497 e. The van der Waals surface area contributed by atoms with Crippen molar-refractivity contribution in [1.82, 2.24) is 4.98 Å². The minimum atomic E-state index is -3.64. The molecule has 3 rings (SSSR count). The predicted molar refractivity (Wildman–Crippen MR) is 114 cm³/mol. The van der Waals surface area contributed by atoms with Crippen LogP contribution in [0.4, 0.5) is 5.13 Å². The van der Waals surface area contributed by atoms with Crippen LogP contribution in [0, 0.1) is 5.92 Å². The zero-order valence-corrected chi connectivity index (χ0v) is 18.4. The Balaban J connectivity index is 1.69. The summed E-state index contributed by atoms with van der Waals surface area (Å²) in [6.07, 6.45) is 1.41. The number of thiazole rings is 1. The lowest BCUT2D eigenvalue weighted by Gasteiger charge is -2.28. The highest BCUT2D eigenvalue weighted by atomic mass is 32.2. The van der Waals surface area contributed by atoms with Crippen molar-refractivity contribution >= 4 is 32.2 Å². The number of benzene rings is 1. The van der Waals surface area contributed by atoms with Crippen molar-refractivity contribution in [3.8, 4) is 17.0 Å². The summed E-state index contributed by atoms with van der Waals surface area (Å²) in [6.45, 7) is 4.05. The number of hydrogen-bond acceptors (Lipinski definition) is 7. The molecule has 1 amide bonds. The molecular weight excluding hydrogens is 412 g/mol. The van der Waals surface area contributed by atoms with Crippen LogP contribution in [-0.2, 0) is 19.4 Å². The molecule has 1 aliphatic rings. The molecule has 158 valence electrons. The van der Waals surface area contributed by atoms with Crippen LogP contribution in [-0.4, -0.2) is 50.1 Å². The number of sulfone groups is 1. The molecule has 2 aromatic rings. The highest BCUT2D eigenvalue weighted by Gasteiger charge is 2.43. The van der Waals surface area contributed by atoms with Gasteiger partial charge >= 0.3 is 0 Å². The van der Waals surface area contributed by atoms with Crippen molar-refractivity contribution in [1.29, 1.82) is 0 Å². The predicted octanol–water partition coefficient (Wildman–Crippen LogP) is 3.38. The molecule has 7 nitrogen and oxygen atoms in total. The van der Waals surface area contributed by atoms with E-state index in [1.165, 1.54) is 25.2 Å². The number of nitrogens with one attached hydrogen (secondary N) is 1. The SMILES string of the molecule is COc1ccc(-c2csc(NC(=O)C(C)(C)S(=O)(=O)CC3CCOCC3)n2)cc1. The first-order valence-corrected chi connectivity index (χ1v) is 12.0. The van der Waals surface area contributed by atoms with E-state index in [2.05, 4.69) is 10.3 Å². The third-order valence-electron chi connectivity index (χ3n) is 5.23. The molecule has 1 aromatic heterocycles. The zero-order valence-electron chi connectivity index (χ0n) is 16.8. The van der Waals surface area contributed by atoms with E-state index >= 15 is 0 Å². The Bertz CT molecular complexity index is 946. The molecule has 1 fully saturated rings. The standard InChI is InChI=1S/C20H26N2O5S2/c1-20(2,29(24,25)13-14-8-10-27-11-9-14)18(23)22-19-21-17(12-28-19)15-4-6-16(26-3)7-5-15/h4-7,12,14H,8-11,13H2,1-3H3,(H,21,22,23). The van der Waals surface area contributed by atoms with Crippen LogP contribution < -0.4 is 10.1 Å². The maximum atomic E-state index is 12.9. The molecule has 1 aromatic carbocycles. The minimum Gasteiger partial charge on any atom is -0.497 e. The first kappa shape index (κ1) is 21.7. The van der Waals surface area contributed by atoms with Gasteiger partial charge in [0.25, 0.3) is 0 Å². The Labute approximate surface area is 175 Å². The van der Waals surface area contributed by atoms with Gasteiger partial charge in [0, 0.05) is 24.2 Å². The van der Waals surface area contributed by atoms with Crippen molar-refractivity contribution in [3.63, 3.8) is 0 Å². The summed E-state index contributed by atoms with van der Waals surface area (Å²) in [5, 5.41) is 4.87. The van der Waals surface area contributed by atoms with E-state index in [9.17, 15) is 13.2 Å². The van der Waals surface area contributed by atoms with E-state index < -0.39 is 20.5 Å². The van der Waals surface area contributed by atoms with E-state index in [-0.39, 0.29) is 11.7 Å². The van der Waals surface area contributed by atoms with E-state index in [4.69, 9.17) is 9.47 Å². The summed E-state index contributed by atoms with van der Waals surface area (Å²) in [5.74, 6) is 0.197. The molecule has 1 saturated heterocycles. The highest BCUT2D eigenvalue weighted by Crippen LogP contribution is 2.29. The Kier molecular flexibility index (Phi) is 6.60. The van der Waals surface area contributed by atoms with Gasteiger partial charge in [0.1, 0.15) is 10.5 Å². The summed E-state index contributed by atoms with van der Waals surface area (Å²) in [5.41, 5.74) is 1.59.